The molecule has 1 atom stereocenters. The summed E-state index contributed by atoms with van der Waals surface area (Å²) in [6.07, 6.45) is 1.83. The van der Waals surface area contributed by atoms with E-state index >= 15 is 0 Å². The number of nitrogens with zero attached hydrogens (tertiary/aromatic N) is 1. The first kappa shape index (κ1) is 12.3. The van der Waals surface area contributed by atoms with Crippen molar-refractivity contribution in [3.8, 4) is 0 Å². The third-order valence-electron chi connectivity index (χ3n) is 3.09. The van der Waals surface area contributed by atoms with Crippen LogP contribution < -0.4 is 5.73 Å². The minimum atomic E-state index is -0.569. The summed E-state index contributed by atoms with van der Waals surface area (Å²) in [6.45, 7) is 1.09. The average molecular weight is 257 g/mol. The molecule has 1 aromatic carbocycles. The first-order valence-electron chi connectivity index (χ1n) is 5.60. The fraction of sp³-hybridized carbons (Fsp3) is 0.417. The minimum Gasteiger partial charge on any atom is -0.334 e. The normalized spacial score (nSPS) is 19.7. The van der Waals surface area contributed by atoms with Crippen molar-refractivity contribution in [3.05, 3.63) is 34.6 Å². The lowest BCUT2D eigenvalue weighted by atomic mass is 10.1. The molecular formula is C12H14ClFN2O. The summed E-state index contributed by atoms with van der Waals surface area (Å²) in [5.41, 5.74) is 5.82. The van der Waals surface area contributed by atoms with Crippen molar-refractivity contribution < 1.29 is 9.18 Å². The van der Waals surface area contributed by atoms with Gasteiger partial charge in [0, 0.05) is 19.1 Å². The van der Waals surface area contributed by atoms with E-state index in [9.17, 15) is 9.18 Å². The van der Waals surface area contributed by atoms with Gasteiger partial charge in [0.05, 0.1) is 10.6 Å². The molecule has 0 saturated carbocycles. The zero-order valence-corrected chi connectivity index (χ0v) is 10.1. The fourth-order valence-electron chi connectivity index (χ4n) is 2.17. The summed E-state index contributed by atoms with van der Waals surface area (Å²) < 4.78 is 13.3. The molecule has 1 saturated heterocycles. The zero-order valence-electron chi connectivity index (χ0n) is 9.33. The van der Waals surface area contributed by atoms with E-state index in [0.717, 1.165) is 12.8 Å². The van der Waals surface area contributed by atoms with Crippen molar-refractivity contribution in [2.45, 2.75) is 18.9 Å². The summed E-state index contributed by atoms with van der Waals surface area (Å²) in [5, 5.41) is -0.111. The molecule has 0 aliphatic carbocycles. The van der Waals surface area contributed by atoms with Crippen molar-refractivity contribution in [1.82, 2.24) is 4.90 Å². The maximum atomic E-state index is 13.3. The lowest BCUT2D eigenvalue weighted by Gasteiger charge is -2.23. The molecule has 3 nitrogen and oxygen atoms in total. The Balaban J connectivity index is 2.28. The second-order valence-electron chi connectivity index (χ2n) is 4.13. The van der Waals surface area contributed by atoms with E-state index in [2.05, 4.69) is 0 Å². The van der Waals surface area contributed by atoms with E-state index in [1.165, 1.54) is 12.1 Å². The van der Waals surface area contributed by atoms with Crippen LogP contribution in [0.25, 0.3) is 0 Å². The van der Waals surface area contributed by atoms with Gasteiger partial charge in [0.2, 0.25) is 0 Å². The van der Waals surface area contributed by atoms with E-state index in [-0.39, 0.29) is 22.5 Å². The van der Waals surface area contributed by atoms with Gasteiger partial charge >= 0.3 is 0 Å². The fourth-order valence-corrected chi connectivity index (χ4v) is 2.38. The Bertz CT molecular complexity index is 439. The van der Waals surface area contributed by atoms with Crippen LogP contribution in [-0.4, -0.2) is 29.9 Å². The van der Waals surface area contributed by atoms with Gasteiger partial charge in [0.25, 0.3) is 5.91 Å². The molecule has 1 unspecified atom stereocenters. The number of benzene rings is 1. The second-order valence-corrected chi connectivity index (χ2v) is 4.51. The molecule has 1 fully saturated rings. The third-order valence-corrected chi connectivity index (χ3v) is 3.48. The van der Waals surface area contributed by atoms with Gasteiger partial charge < -0.3 is 10.6 Å². The van der Waals surface area contributed by atoms with Crippen LogP contribution in [0.5, 0.6) is 0 Å². The van der Waals surface area contributed by atoms with Crippen LogP contribution in [0.1, 0.15) is 23.2 Å². The molecule has 0 radical (unpaired) electrons. The van der Waals surface area contributed by atoms with Gasteiger partial charge in [0.1, 0.15) is 5.82 Å². The predicted molar refractivity (Wildman–Crippen MR) is 64.5 cm³/mol. The maximum Gasteiger partial charge on any atom is 0.255 e. The minimum absolute atomic E-state index is 0.0434. The Kier molecular flexibility index (Phi) is 3.64. The van der Waals surface area contributed by atoms with Gasteiger partial charge in [-0.05, 0) is 25.0 Å². The topological polar surface area (TPSA) is 46.3 Å². The maximum absolute atomic E-state index is 13.3. The Labute approximate surface area is 104 Å². The number of likely N-dealkylation sites (tertiary alicyclic amines) is 1. The highest BCUT2D eigenvalue weighted by molar-refractivity contribution is 6.34. The number of nitrogens with two attached hydrogens (primary N) is 1. The van der Waals surface area contributed by atoms with Crippen molar-refractivity contribution in [3.63, 3.8) is 0 Å². The van der Waals surface area contributed by atoms with Crippen molar-refractivity contribution in [2.75, 3.05) is 13.1 Å². The van der Waals surface area contributed by atoms with Gasteiger partial charge in [-0.2, -0.15) is 0 Å². The van der Waals surface area contributed by atoms with Gasteiger partial charge in [-0.25, -0.2) is 4.39 Å². The summed E-state index contributed by atoms with van der Waals surface area (Å²) in [4.78, 5) is 13.9. The smallest absolute Gasteiger partial charge is 0.255 e. The second kappa shape index (κ2) is 5.02. The van der Waals surface area contributed by atoms with Crippen LogP contribution >= 0.6 is 11.6 Å². The molecule has 17 heavy (non-hydrogen) atoms. The van der Waals surface area contributed by atoms with Gasteiger partial charge in [-0.1, -0.05) is 17.7 Å². The van der Waals surface area contributed by atoms with Crippen molar-refractivity contribution in [2.24, 2.45) is 5.73 Å². The molecule has 1 aliphatic rings. The van der Waals surface area contributed by atoms with Crippen molar-refractivity contribution >= 4 is 17.5 Å². The third kappa shape index (κ3) is 2.28. The van der Waals surface area contributed by atoms with E-state index in [4.69, 9.17) is 17.3 Å². The van der Waals surface area contributed by atoms with Gasteiger partial charge in [-0.15, -0.1) is 0 Å². The predicted octanol–water partition coefficient (Wildman–Crippen LogP) is 2.04. The molecule has 0 spiro atoms. The van der Waals surface area contributed by atoms with Gasteiger partial charge in [-0.3, -0.25) is 4.79 Å². The molecule has 1 amide bonds. The number of halogens is 2. The molecule has 0 aromatic heterocycles. The van der Waals surface area contributed by atoms with E-state index < -0.39 is 5.82 Å². The summed E-state index contributed by atoms with van der Waals surface area (Å²) in [7, 11) is 0. The number of amides is 1. The molecular weight excluding hydrogens is 243 g/mol. The number of rotatable bonds is 2. The number of hydrogen-bond donors (Lipinski definition) is 1. The lowest BCUT2D eigenvalue weighted by molar-refractivity contribution is 0.0741. The Morgan fingerprint density at radius 1 is 1.59 bits per heavy atom. The molecule has 1 heterocycles. The highest BCUT2D eigenvalue weighted by Crippen LogP contribution is 2.25. The lowest BCUT2D eigenvalue weighted by Crippen LogP contribution is -2.40. The molecule has 92 valence electrons. The Morgan fingerprint density at radius 3 is 3.06 bits per heavy atom. The van der Waals surface area contributed by atoms with Crippen LogP contribution in [0.4, 0.5) is 4.39 Å². The first-order valence-corrected chi connectivity index (χ1v) is 5.98. The Morgan fingerprint density at radius 2 is 2.35 bits per heavy atom. The quantitative estimate of drug-likeness (QED) is 0.880. The zero-order chi connectivity index (χ0) is 12.4. The SMILES string of the molecule is NCC1CCCN1C(=O)c1cccc(F)c1Cl. The van der Waals surface area contributed by atoms with E-state index in [1.807, 2.05) is 0 Å². The molecule has 1 aromatic rings. The van der Waals surface area contributed by atoms with Crippen molar-refractivity contribution in [1.29, 1.82) is 0 Å². The highest BCUT2D eigenvalue weighted by atomic mass is 35.5. The standard InChI is InChI=1S/C12H14ClFN2O/c13-11-9(4-1-5-10(11)14)12(17)16-6-2-3-8(16)7-15/h1,4-5,8H,2-3,6-7,15H2. The number of carbonyl (C=O) groups is 1. The summed E-state index contributed by atoms with van der Waals surface area (Å²) in [5.74, 6) is -0.802. The van der Waals surface area contributed by atoms with Gasteiger partial charge in [0.15, 0.2) is 0 Å². The monoisotopic (exact) mass is 256 g/mol. The van der Waals surface area contributed by atoms with Crippen LogP contribution in [0.2, 0.25) is 5.02 Å². The summed E-state index contributed by atoms with van der Waals surface area (Å²) in [6, 6.07) is 4.31. The average Bonchev–Trinajstić information content (AvgIpc) is 2.80. The Hall–Kier alpha value is -1.13. The van der Waals surface area contributed by atoms with Crippen LogP contribution in [-0.2, 0) is 0 Å². The van der Waals surface area contributed by atoms with Crippen LogP contribution in [0.15, 0.2) is 18.2 Å². The molecule has 5 heteroatoms. The summed E-state index contributed by atoms with van der Waals surface area (Å²) >= 11 is 5.80. The first-order chi connectivity index (χ1) is 8.15. The van der Waals surface area contributed by atoms with Crippen LogP contribution in [0, 0.1) is 5.82 Å². The molecule has 1 aliphatic heterocycles. The van der Waals surface area contributed by atoms with E-state index in [1.54, 1.807) is 11.0 Å². The molecule has 0 bridgehead atoms. The highest BCUT2D eigenvalue weighted by Gasteiger charge is 2.29. The molecule has 2 N–H and O–H groups in total. The van der Waals surface area contributed by atoms with E-state index in [0.29, 0.717) is 13.1 Å². The molecule has 2 rings (SSSR count). The number of hydrogen-bond acceptors (Lipinski definition) is 2. The van der Waals surface area contributed by atoms with Crippen LogP contribution in [0.3, 0.4) is 0 Å². The largest absolute Gasteiger partial charge is 0.334 e. The number of carbonyl (C=O) groups excluding carboxylic acids is 1.